The molecular formula is C12H17NOS. The molecule has 0 fully saturated rings. The van der Waals surface area contributed by atoms with Gasteiger partial charge in [0.1, 0.15) is 5.75 Å². The molecule has 1 aromatic rings. The zero-order valence-corrected chi connectivity index (χ0v) is 10.2. The summed E-state index contributed by atoms with van der Waals surface area (Å²) >= 11 is 4.98. The van der Waals surface area contributed by atoms with Crippen LogP contribution in [0, 0.1) is 12.3 Å². The molecule has 0 saturated heterocycles. The van der Waals surface area contributed by atoms with Gasteiger partial charge >= 0.3 is 0 Å². The molecule has 0 radical (unpaired) electrons. The molecule has 0 spiro atoms. The third-order valence-corrected chi connectivity index (χ3v) is 2.90. The van der Waals surface area contributed by atoms with Crippen molar-refractivity contribution in [3.05, 3.63) is 29.8 Å². The van der Waals surface area contributed by atoms with E-state index in [1.807, 2.05) is 45.0 Å². The lowest BCUT2D eigenvalue weighted by atomic mass is 9.95. The van der Waals surface area contributed by atoms with Crippen molar-refractivity contribution in [3.8, 4) is 5.75 Å². The van der Waals surface area contributed by atoms with E-state index in [-0.39, 0.29) is 5.41 Å². The number of aryl methyl sites for hydroxylation is 1. The molecule has 0 aliphatic heterocycles. The Morgan fingerprint density at radius 1 is 1.40 bits per heavy atom. The van der Waals surface area contributed by atoms with Crippen LogP contribution >= 0.6 is 12.2 Å². The minimum Gasteiger partial charge on any atom is -0.492 e. The fourth-order valence-electron chi connectivity index (χ4n) is 1.05. The maximum absolute atomic E-state index is 5.70. The van der Waals surface area contributed by atoms with E-state index in [9.17, 15) is 0 Å². The van der Waals surface area contributed by atoms with Gasteiger partial charge in [0.15, 0.2) is 0 Å². The molecule has 0 atom stereocenters. The van der Waals surface area contributed by atoms with Crippen molar-refractivity contribution in [2.24, 2.45) is 11.1 Å². The molecule has 0 heterocycles. The summed E-state index contributed by atoms with van der Waals surface area (Å²) in [6.07, 6.45) is 0. The summed E-state index contributed by atoms with van der Waals surface area (Å²) in [5.74, 6) is 0.891. The molecule has 0 unspecified atom stereocenters. The number of benzene rings is 1. The van der Waals surface area contributed by atoms with Crippen LogP contribution in [0.1, 0.15) is 19.4 Å². The van der Waals surface area contributed by atoms with Gasteiger partial charge in [0, 0.05) is 5.41 Å². The quantitative estimate of drug-likeness (QED) is 0.797. The second kappa shape index (κ2) is 4.62. The highest BCUT2D eigenvalue weighted by molar-refractivity contribution is 7.80. The number of hydrogen-bond acceptors (Lipinski definition) is 2. The van der Waals surface area contributed by atoms with Crippen molar-refractivity contribution in [2.45, 2.75) is 20.8 Å². The fourth-order valence-corrected chi connectivity index (χ4v) is 1.11. The van der Waals surface area contributed by atoms with Gasteiger partial charge in [-0.2, -0.15) is 0 Å². The Morgan fingerprint density at radius 3 is 2.53 bits per heavy atom. The maximum atomic E-state index is 5.70. The summed E-state index contributed by atoms with van der Waals surface area (Å²) < 4.78 is 5.70. The van der Waals surface area contributed by atoms with Gasteiger partial charge in [0.25, 0.3) is 0 Å². The highest BCUT2D eigenvalue weighted by Crippen LogP contribution is 2.21. The fraction of sp³-hybridized carbons (Fsp3) is 0.417. The van der Waals surface area contributed by atoms with Gasteiger partial charge in [-0.25, -0.2) is 0 Å². The number of rotatable bonds is 4. The van der Waals surface area contributed by atoms with E-state index in [0.717, 1.165) is 11.3 Å². The van der Waals surface area contributed by atoms with Crippen molar-refractivity contribution in [3.63, 3.8) is 0 Å². The van der Waals surface area contributed by atoms with Crippen LogP contribution < -0.4 is 10.5 Å². The molecule has 1 aromatic carbocycles. The first-order valence-electron chi connectivity index (χ1n) is 4.92. The summed E-state index contributed by atoms with van der Waals surface area (Å²) in [5.41, 5.74) is 6.48. The highest BCUT2D eigenvalue weighted by atomic mass is 32.1. The predicted molar refractivity (Wildman–Crippen MR) is 67.2 cm³/mol. The molecular weight excluding hydrogens is 206 g/mol. The lowest BCUT2D eigenvalue weighted by Crippen LogP contribution is -2.35. The molecule has 0 aliphatic rings. The Kier molecular flexibility index (Phi) is 3.69. The maximum Gasteiger partial charge on any atom is 0.122 e. The molecule has 82 valence electrons. The first-order chi connectivity index (χ1) is 6.93. The molecule has 2 N–H and O–H groups in total. The third-order valence-electron chi connectivity index (χ3n) is 2.35. The average molecular weight is 223 g/mol. The zero-order valence-electron chi connectivity index (χ0n) is 9.41. The van der Waals surface area contributed by atoms with Crippen LogP contribution in [0.15, 0.2) is 24.3 Å². The normalized spacial score (nSPS) is 11.1. The van der Waals surface area contributed by atoms with Gasteiger partial charge in [-0.05, 0) is 18.6 Å². The zero-order chi connectivity index (χ0) is 11.5. The molecule has 15 heavy (non-hydrogen) atoms. The first kappa shape index (κ1) is 12.0. The van der Waals surface area contributed by atoms with Crippen LogP contribution in [-0.4, -0.2) is 11.6 Å². The second-order valence-corrected chi connectivity index (χ2v) is 4.74. The van der Waals surface area contributed by atoms with Crippen molar-refractivity contribution in [1.29, 1.82) is 0 Å². The largest absolute Gasteiger partial charge is 0.492 e. The SMILES string of the molecule is Cc1ccccc1OCC(C)(C)C(N)=S. The van der Waals surface area contributed by atoms with Gasteiger partial charge < -0.3 is 10.5 Å². The Bertz CT molecular complexity index is 360. The molecule has 0 bridgehead atoms. The van der Waals surface area contributed by atoms with Crippen molar-refractivity contribution in [1.82, 2.24) is 0 Å². The minimum atomic E-state index is -0.266. The van der Waals surface area contributed by atoms with Crippen LogP contribution in [0.3, 0.4) is 0 Å². The van der Waals surface area contributed by atoms with Crippen molar-refractivity contribution in [2.75, 3.05) is 6.61 Å². The van der Waals surface area contributed by atoms with E-state index in [4.69, 9.17) is 22.7 Å². The summed E-state index contributed by atoms with van der Waals surface area (Å²) in [5, 5.41) is 0. The van der Waals surface area contributed by atoms with Crippen molar-refractivity contribution < 1.29 is 4.74 Å². The predicted octanol–water partition coefficient (Wildman–Crippen LogP) is 2.69. The van der Waals surface area contributed by atoms with Gasteiger partial charge in [-0.15, -0.1) is 0 Å². The van der Waals surface area contributed by atoms with E-state index in [0.29, 0.717) is 11.6 Å². The molecule has 2 nitrogen and oxygen atoms in total. The summed E-state index contributed by atoms with van der Waals surface area (Å²) in [4.78, 5) is 0.482. The monoisotopic (exact) mass is 223 g/mol. The topological polar surface area (TPSA) is 35.2 Å². The molecule has 0 amide bonds. The number of para-hydroxylation sites is 1. The number of hydrogen-bond donors (Lipinski definition) is 1. The Hall–Kier alpha value is -1.09. The van der Waals surface area contributed by atoms with Crippen LogP contribution in [0.4, 0.5) is 0 Å². The lowest BCUT2D eigenvalue weighted by molar-refractivity contribution is 0.235. The van der Waals surface area contributed by atoms with Gasteiger partial charge in [0.05, 0.1) is 11.6 Å². The lowest BCUT2D eigenvalue weighted by Gasteiger charge is -2.23. The number of ether oxygens (including phenoxy) is 1. The molecule has 0 aromatic heterocycles. The number of thiocarbonyl (C=S) groups is 1. The molecule has 0 saturated carbocycles. The summed E-state index contributed by atoms with van der Waals surface area (Å²) in [7, 11) is 0. The number of nitrogens with two attached hydrogens (primary N) is 1. The van der Waals surface area contributed by atoms with Crippen LogP contribution in [-0.2, 0) is 0 Å². The van der Waals surface area contributed by atoms with E-state index >= 15 is 0 Å². The smallest absolute Gasteiger partial charge is 0.122 e. The van der Waals surface area contributed by atoms with Crippen LogP contribution in [0.5, 0.6) is 5.75 Å². The van der Waals surface area contributed by atoms with Crippen LogP contribution in [0.25, 0.3) is 0 Å². The van der Waals surface area contributed by atoms with E-state index in [1.165, 1.54) is 0 Å². The van der Waals surface area contributed by atoms with Gasteiger partial charge in [-0.3, -0.25) is 0 Å². The Balaban J connectivity index is 2.66. The standard InChI is InChI=1S/C12H17NOS/c1-9-6-4-5-7-10(9)14-8-12(2,3)11(13)15/h4-7H,8H2,1-3H3,(H2,13,15). The summed E-state index contributed by atoms with van der Waals surface area (Å²) in [6.45, 7) is 6.48. The van der Waals surface area contributed by atoms with Gasteiger partial charge in [0.2, 0.25) is 0 Å². The third kappa shape index (κ3) is 3.20. The van der Waals surface area contributed by atoms with Crippen molar-refractivity contribution >= 4 is 17.2 Å². The van der Waals surface area contributed by atoms with E-state index in [2.05, 4.69) is 0 Å². The molecule has 0 aliphatic carbocycles. The van der Waals surface area contributed by atoms with E-state index in [1.54, 1.807) is 0 Å². The Morgan fingerprint density at radius 2 is 2.00 bits per heavy atom. The molecule has 3 heteroatoms. The highest BCUT2D eigenvalue weighted by Gasteiger charge is 2.22. The molecule has 1 rings (SSSR count). The average Bonchev–Trinajstić information content (AvgIpc) is 2.16. The van der Waals surface area contributed by atoms with Crippen LogP contribution in [0.2, 0.25) is 0 Å². The summed E-state index contributed by atoms with van der Waals surface area (Å²) in [6, 6.07) is 7.91. The second-order valence-electron chi connectivity index (χ2n) is 4.30. The van der Waals surface area contributed by atoms with E-state index < -0.39 is 0 Å². The first-order valence-corrected chi connectivity index (χ1v) is 5.32. The minimum absolute atomic E-state index is 0.266. The Labute approximate surface area is 96.4 Å². The van der Waals surface area contributed by atoms with Gasteiger partial charge in [-0.1, -0.05) is 44.3 Å².